The lowest BCUT2D eigenvalue weighted by Crippen LogP contribution is -2.40. The van der Waals surface area contributed by atoms with E-state index in [0.717, 1.165) is 16.5 Å². The average molecular weight is 299 g/mol. The van der Waals surface area contributed by atoms with Crippen LogP contribution >= 0.6 is 0 Å². The van der Waals surface area contributed by atoms with E-state index in [-0.39, 0.29) is 11.9 Å². The number of aromatic nitrogens is 1. The Balaban J connectivity index is 2.15. The Hall–Kier alpha value is -2.83. The molecule has 7 heteroatoms. The lowest BCUT2D eigenvalue weighted by Gasteiger charge is -2.22. The summed E-state index contributed by atoms with van der Waals surface area (Å²) in [5.74, 6) is -0.284. The number of carbonyl (C=O) groups is 2. The third kappa shape index (κ3) is 2.20. The Kier molecular flexibility index (Phi) is 3.54. The summed E-state index contributed by atoms with van der Waals surface area (Å²) in [6.07, 6.45) is 3.40. The van der Waals surface area contributed by atoms with E-state index in [0.29, 0.717) is 24.3 Å². The van der Waals surface area contributed by atoms with E-state index < -0.39 is 0 Å². The van der Waals surface area contributed by atoms with Gasteiger partial charge >= 0.3 is 6.03 Å². The molecule has 1 aliphatic heterocycles. The summed E-state index contributed by atoms with van der Waals surface area (Å²) in [6, 6.07) is 3.41. The van der Waals surface area contributed by atoms with Crippen LogP contribution < -0.4 is 15.6 Å². The lowest BCUT2D eigenvalue weighted by molar-refractivity contribution is 0.0957. The van der Waals surface area contributed by atoms with Crippen molar-refractivity contribution in [1.29, 1.82) is 0 Å². The van der Waals surface area contributed by atoms with Crippen LogP contribution in [0, 0.1) is 0 Å². The van der Waals surface area contributed by atoms with Gasteiger partial charge in [-0.3, -0.25) is 9.69 Å². The third-order valence-electron chi connectivity index (χ3n) is 3.61. The maximum atomic E-state index is 12.2. The van der Waals surface area contributed by atoms with Crippen LogP contribution in [0.1, 0.15) is 29.8 Å². The third-order valence-corrected chi connectivity index (χ3v) is 3.61. The van der Waals surface area contributed by atoms with Crippen molar-refractivity contribution in [1.82, 2.24) is 15.7 Å². The summed E-state index contributed by atoms with van der Waals surface area (Å²) in [7, 11) is 0. The van der Waals surface area contributed by atoms with Gasteiger partial charge in [0, 0.05) is 41.4 Å². The molecule has 0 aliphatic carbocycles. The SMILES string of the molecule is CCNC(=O)N(CC)c1cc2c3c(c[nH]c3c1)C=NNC2=O. The Labute approximate surface area is 127 Å². The van der Waals surface area contributed by atoms with Gasteiger partial charge in [0.05, 0.1) is 11.8 Å². The maximum Gasteiger partial charge on any atom is 0.321 e. The second-order valence-electron chi connectivity index (χ2n) is 4.94. The van der Waals surface area contributed by atoms with Crippen molar-refractivity contribution in [3.63, 3.8) is 0 Å². The van der Waals surface area contributed by atoms with Crippen LogP contribution in [0.2, 0.25) is 0 Å². The molecule has 0 unspecified atom stereocenters. The molecule has 7 nitrogen and oxygen atoms in total. The first-order valence-electron chi connectivity index (χ1n) is 7.19. The molecule has 0 spiro atoms. The monoisotopic (exact) mass is 299 g/mol. The van der Waals surface area contributed by atoms with Crippen LogP contribution in [0.5, 0.6) is 0 Å². The van der Waals surface area contributed by atoms with Crippen molar-refractivity contribution in [2.75, 3.05) is 18.0 Å². The first-order valence-corrected chi connectivity index (χ1v) is 7.19. The van der Waals surface area contributed by atoms with Crippen LogP contribution in [-0.4, -0.2) is 36.2 Å². The van der Waals surface area contributed by atoms with E-state index in [9.17, 15) is 9.59 Å². The van der Waals surface area contributed by atoms with Gasteiger partial charge in [-0.25, -0.2) is 10.2 Å². The van der Waals surface area contributed by atoms with Gasteiger partial charge in [0.1, 0.15) is 0 Å². The topological polar surface area (TPSA) is 89.6 Å². The molecule has 2 heterocycles. The number of rotatable bonds is 3. The molecule has 0 saturated heterocycles. The number of H-pyrrole nitrogens is 1. The molecule has 3 rings (SSSR count). The van der Waals surface area contributed by atoms with Crippen LogP contribution in [0.15, 0.2) is 23.4 Å². The summed E-state index contributed by atoms with van der Waals surface area (Å²) >= 11 is 0. The zero-order chi connectivity index (χ0) is 15.7. The molecule has 1 aromatic heterocycles. The molecule has 1 aliphatic rings. The zero-order valence-corrected chi connectivity index (χ0v) is 12.4. The number of anilines is 1. The summed E-state index contributed by atoms with van der Waals surface area (Å²) < 4.78 is 0. The zero-order valence-electron chi connectivity index (χ0n) is 12.4. The lowest BCUT2D eigenvalue weighted by atomic mass is 10.0. The molecule has 2 aromatic rings. The van der Waals surface area contributed by atoms with E-state index in [4.69, 9.17) is 0 Å². The highest BCUT2D eigenvalue weighted by Gasteiger charge is 2.21. The minimum absolute atomic E-state index is 0.186. The molecule has 0 radical (unpaired) electrons. The molecule has 114 valence electrons. The number of hydrogen-bond donors (Lipinski definition) is 3. The second kappa shape index (κ2) is 5.51. The smallest absolute Gasteiger partial charge is 0.321 e. The number of amides is 3. The van der Waals surface area contributed by atoms with E-state index >= 15 is 0 Å². The van der Waals surface area contributed by atoms with Crippen molar-refractivity contribution in [3.8, 4) is 0 Å². The number of urea groups is 1. The van der Waals surface area contributed by atoms with Crippen molar-refractivity contribution in [2.45, 2.75) is 13.8 Å². The Morgan fingerprint density at radius 1 is 1.36 bits per heavy atom. The first-order chi connectivity index (χ1) is 10.7. The number of nitrogens with one attached hydrogen (secondary N) is 3. The minimum atomic E-state index is -0.284. The van der Waals surface area contributed by atoms with Gasteiger partial charge in [-0.15, -0.1) is 0 Å². The predicted octanol–water partition coefficient (Wildman–Crippen LogP) is 1.80. The standard InChI is InChI=1S/C15H17N5O2/c1-3-16-15(22)20(4-2)10-5-11-13-9(7-17-12(13)6-10)8-18-19-14(11)21/h5-8,17H,3-4H2,1-2H3,(H,16,22)(H,19,21). The van der Waals surface area contributed by atoms with Crippen molar-refractivity contribution < 1.29 is 9.59 Å². The summed E-state index contributed by atoms with van der Waals surface area (Å²) in [5.41, 5.74) is 5.29. The highest BCUT2D eigenvalue weighted by molar-refractivity contribution is 6.15. The average Bonchev–Trinajstić information content (AvgIpc) is 2.83. The van der Waals surface area contributed by atoms with Gasteiger partial charge in [0.25, 0.3) is 5.91 Å². The summed E-state index contributed by atoms with van der Waals surface area (Å²) in [5, 5.41) is 7.47. The van der Waals surface area contributed by atoms with Crippen LogP contribution in [0.25, 0.3) is 10.9 Å². The van der Waals surface area contributed by atoms with E-state index in [1.807, 2.05) is 19.9 Å². The van der Waals surface area contributed by atoms with E-state index in [1.165, 1.54) is 0 Å². The first kappa shape index (κ1) is 14.1. The molecule has 3 N–H and O–H groups in total. The van der Waals surface area contributed by atoms with Crippen LogP contribution in [0.4, 0.5) is 10.5 Å². The number of hydrogen-bond acceptors (Lipinski definition) is 3. The van der Waals surface area contributed by atoms with Crippen molar-refractivity contribution in [2.24, 2.45) is 5.10 Å². The molecule has 22 heavy (non-hydrogen) atoms. The van der Waals surface area contributed by atoms with Crippen LogP contribution in [-0.2, 0) is 0 Å². The largest absolute Gasteiger partial charge is 0.360 e. The molecule has 0 bridgehead atoms. The molecular weight excluding hydrogens is 282 g/mol. The van der Waals surface area contributed by atoms with Gasteiger partial charge < -0.3 is 10.3 Å². The van der Waals surface area contributed by atoms with Gasteiger partial charge in [-0.1, -0.05) is 0 Å². The highest BCUT2D eigenvalue weighted by atomic mass is 16.2. The highest BCUT2D eigenvalue weighted by Crippen LogP contribution is 2.29. The van der Waals surface area contributed by atoms with Crippen LogP contribution in [0.3, 0.4) is 0 Å². The molecule has 0 atom stereocenters. The summed E-state index contributed by atoms with van der Waals surface area (Å²) in [4.78, 5) is 29.1. The Morgan fingerprint density at radius 3 is 2.91 bits per heavy atom. The number of benzene rings is 1. The number of hydrazone groups is 1. The Bertz CT molecular complexity index is 778. The van der Waals surface area contributed by atoms with E-state index in [2.05, 4.69) is 20.8 Å². The van der Waals surface area contributed by atoms with Gasteiger partial charge in [-0.2, -0.15) is 5.10 Å². The minimum Gasteiger partial charge on any atom is -0.360 e. The number of aromatic amines is 1. The van der Waals surface area contributed by atoms with Gasteiger partial charge in [0.15, 0.2) is 0 Å². The maximum absolute atomic E-state index is 12.2. The molecule has 0 saturated carbocycles. The summed E-state index contributed by atoms with van der Waals surface area (Å²) in [6.45, 7) is 4.80. The fourth-order valence-electron chi connectivity index (χ4n) is 2.63. The molecule has 1 aromatic carbocycles. The van der Waals surface area contributed by atoms with Gasteiger partial charge in [-0.05, 0) is 26.0 Å². The van der Waals surface area contributed by atoms with E-state index in [1.54, 1.807) is 23.4 Å². The number of carbonyl (C=O) groups excluding carboxylic acids is 2. The molecular formula is C15H17N5O2. The second-order valence-corrected chi connectivity index (χ2v) is 4.94. The number of nitrogens with zero attached hydrogens (tertiary/aromatic N) is 2. The van der Waals surface area contributed by atoms with Crippen molar-refractivity contribution >= 4 is 34.7 Å². The van der Waals surface area contributed by atoms with Gasteiger partial charge in [0.2, 0.25) is 0 Å². The Morgan fingerprint density at radius 2 is 2.18 bits per heavy atom. The molecule has 0 fully saturated rings. The quantitative estimate of drug-likeness (QED) is 0.806. The fraction of sp³-hybridized carbons (Fsp3) is 0.267. The van der Waals surface area contributed by atoms with Crippen molar-refractivity contribution in [3.05, 3.63) is 29.5 Å². The predicted molar refractivity (Wildman–Crippen MR) is 85.5 cm³/mol. The fourth-order valence-corrected chi connectivity index (χ4v) is 2.63. The molecule has 3 amide bonds. The normalized spacial score (nSPS) is 12.9.